The molecule has 0 aliphatic carbocycles. The van der Waals surface area contributed by atoms with Crippen molar-refractivity contribution in [3.63, 3.8) is 0 Å². The summed E-state index contributed by atoms with van der Waals surface area (Å²) in [5.41, 5.74) is 0.662. The normalized spacial score (nSPS) is 11.3. The van der Waals surface area contributed by atoms with Crippen LogP contribution in [0.2, 0.25) is 5.02 Å². The van der Waals surface area contributed by atoms with Crippen LogP contribution in [-0.2, 0) is 14.3 Å². The van der Waals surface area contributed by atoms with Crippen molar-refractivity contribution in [2.24, 2.45) is 0 Å². The zero-order valence-electron chi connectivity index (χ0n) is 14.4. The average molecular weight is 393 g/mol. The van der Waals surface area contributed by atoms with Crippen molar-refractivity contribution < 1.29 is 24.0 Å². The van der Waals surface area contributed by atoms with E-state index in [1.165, 1.54) is 24.3 Å². The first-order valence-corrected chi connectivity index (χ1v) is 8.31. The predicted molar refractivity (Wildman–Crippen MR) is 97.6 cm³/mol. The van der Waals surface area contributed by atoms with Crippen molar-refractivity contribution in [1.29, 1.82) is 0 Å². The number of nitro benzene ring substituents is 1. The maximum Gasteiger partial charge on any atom is 0.344 e. The van der Waals surface area contributed by atoms with E-state index in [0.29, 0.717) is 5.02 Å². The van der Waals surface area contributed by atoms with Gasteiger partial charge in [0, 0.05) is 17.2 Å². The first-order chi connectivity index (χ1) is 12.9. The third kappa shape index (κ3) is 6.27. The van der Waals surface area contributed by atoms with E-state index in [4.69, 9.17) is 21.1 Å². The highest BCUT2D eigenvalue weighted by Crippen LogP contribution is 2.22. The molecule has 142 valence electrons. The molecule has 2 rings (SSSR count). The molecule has 8 nitrogen and oxygen atoms in total. The van der Waals surface area contributed by atoms with Crippen LogP contribution >= 0.6 is 11.6 Å². The Kier molecular flexibility index (Phi) is 7.13. The Bertz CT molecular complexity index is 825. The molecule has 9 heteroatoms. The number of nitro groups is 1. The minimum absolute atomic E-state index is 0.0887. The molecule has 1 amide bonds. The predicted octanol–water partition coefficient (Wildman–Crippen LogP) is 3.05. The second kappa shape index (κ2) is 9.54. The number of esters is 1. The first kappa shape index (κ1) is 20.2. The van der Waals surface area contributed by atoms with E-state index < -0.39 is 30.0 Å². The van der Waals surface area contributed by atoms with Gasteiger partial charge in [-0.25, -0.2) is 4.79 Å². The van der Waals surface area contributed by atoms with Gasteiger partial charge in [0.05, 0.1) is 11.0 Å². The Labute approximate surface area is 160 Å². The van der Waals surface area contributed by atoms with Crippen LogP contribution in [0.15, 0.2) is 48.5 Å². The molecule has 0 aromatic heterocycles. The number of hydrogen-bond donors (Lipinski definition) is 1. The summed E-state index contributed by atoms with van der Waals surface area (Å²) in [7, 11) is 0. The van der Waals surface area contributed by atoms with Gasteiger partial charge in [0.1, 0.15) is 5.75 Å². The van der Waals surface area contributed by atoms with Crippen LogP contribution in [0.3, 0.4) is 0 Å². The van der Waals surface area contributed by atoms with E-state index in [1.54, 1.807) is 31.2 Å². The van der Waals surface area contributed by atoms with Crippen LogP contribution in [0.4, 0.5) is 5.69 Å². The van der Waals surface area contributed by atoms with Crippen LogP contribution in [0.25, 0.3) is 0 Å². The smallest absolute Gasteiger partial charge is 0.344 e. The van der Waals surface area contributed by atoms with Gasteiger partial charge in [-0.3, -0.25) is 14.9 Å². The first-order valence-electron chi connectivity index (χ1n) is 7.93. The lowest BCUT2D eigenvalue weighted by Gasteiger charge is -2.15. The molecule has 27 heavy (non-hydrogen) atoms. The maximum atomic E-state index is 11.9. The number of rotatable bonds is 8. The number of amides is 1. The van der Waals surface area contributed by atoms with Crippen LogP contribution in [0, 0.1) is 10.1 Å². The Morgan fingerprint density at radius 3 is 2.44 bits per heavy atom. The maximum absolute atomic E-state index is 11.9. The van der Waals surface area contributed by atoms with Crippen LogP contribution in [-0.4, -0.2) is 30.0 Å². The van der Waals surface area contributed by atoms with E-state index in [2.05, 4.69) is 5.32 Å². The molecule has 0 aliphatic rings. The Balaban J connectivity index is 1.74. The fraction of sp³-hybridized carbons (Fsp3) is 0.222. The molecule has 1 atom stereocenters. The van der Waals surface area contributed by atoms with Gasteiger partial charge in [0.15, 0.2) is 13.2 Å². The van der Waals surface area contributed by atoms with Crippen molar-refractivity contribution >= 4 is 29.2 Å². The van der Waals surface area contributed by atoms with Crippen molar-refractivity contribution in [1.82, 2.24) is 5.32 Å². The Hall–Kier alpha value is -3.13. The standard InChI is InChI=1S/C18H17ClN2O6/c1-12(15-4-2-3-5-16(15)19)20-17(22)10-27-18(23)11-26-14-8-6-13(7-9-14)21(24)25/h2-9,12H,10-11H2,1H3,(H,20,22)/t12-/m1/s1. The summed E-state index contributed by atoms with van der Waals surface area (Å²) in [6.45, 7) is 0.876. The van der Waals surface area contributed by atoms with Crippen molar-refractivity contribution in [2.75, 3.05) is 13.2 Å². The molecule has 0 saturated carbocycles. The number of halogens is 1. The minimum Gasteiger partial charge on any atom is -0.482 e. The Morgan fingerprint density at radius 2 is 1.81 bits per heavy atom. The summed E-state index contributed by atoms with van der Waals surface area (Å²) in [6.07, 6.45) is 0. The van der Waals surface area contributed by atoms with Gasteiger partial charge in [-0.15, -0.1) is 0 Å². The fourth-order valence-corrected chi connectivity index (χ4v) is 2.48. The molecule has 0 aliphatic heterocycles. The molecule has 0 spiro atoms. The number of hydrogen-bond acceptors (Lipinski definition) is 6. The zero-order valence-corrected chi connectivity index (χ0v) is 15.1. The molecule has 0 saturated heterocycles. The highest BCUT2D eigenvalue weighted by molar-refractivity contribution is 6.31. The van der Waals surface area contributed by atoms with Crippen molar-refractivity contribution in [3.05, 3.63) is 69.2 Å². The number of carbonyl (C=O) groups excluding carboxylic acids is 2. The van der Waals surface area contributed by atoms with Gasteiger partial charge < -0.3 is 14.8 Å². The molecule has 0 radical (unpaired) electrons. The van der Waals surface area contributed by atoms with E-state index >= 15 is 0 Å². The number of ether oxygens (including phenoxy) is 2. The fourth-order valence-electron chi connectivity index (χ4n) is 2.18. The topological polar surface area (TPSA) is 108 Å². The summed E-state index contributed by atoms with van der Waals surface area (Å²) < 4.78 is 9.99. The molecular formula is C18H17ClN2O6. The van der Waals surface area contributed by atoms with Gasteiger partial charge >= 0.3 is 5.97 Å². The number of carbonyl (C=O) groups is 2. The molecule has 0 bridgehead atoms. The monoisotopic (exact) mass is 392 g/mol. The Morgan fingerprint density at radius 1 is 1.15 bits per heavy atom. The van der Waals surface area contributed by atoms with Crippen molar-refractivity contribution in [3.8, 4) is 5.75 Å². The second-order valence-corrected chi connectivity index (χ2v) is 5.92. The molecule has 0 unspecified atom stereocenters. The van der Waals surface area contributed by atoms with E-state index in [9.17, 15) is 19.7 Å². The highest BCUT2D eigenvalue weighted by Gasteiger charge is 2.14. The lowest BCUT2D eigenvalue weighted by Crippen LogP contribution is -2.32. The summed E-state index contributed by atoms with van der Waals surface area (Å²) >= 11 is 6.07. The average Bonchev–Trinajstić information content (AvgIpc) is 2.65. The highest BCUT2D eigenvalue weighted by atomic mass is 35.5. The van der Waals surface area contributed by atoms with Crippen molar-refractivity contribution in [2.45, 2.75) is 13.0 Å². The SMILES string of the molecule is C[C@@H](NC(=O)COC(=O)COc1ccc([N+](=O)[O-])cc1)c1ccccc1Cl. The molecule has 2 aromatic carbocycles. The molecule has 2 aromatic rings. The number of nitrogens with zero attached hydrogens (tertiary/aromatic N) is 1. The van der Waals surface area contributed by atoms with Crippen LogP contribution < -0.4 is 10.1 Å². The summed E-state index contributed by atoms with van der Waals surface area (Å²) in [5, 5.41) is 13.8. The van der Waals surface area contributed by atoms with E-state index in [1.807, 2.05) is 0 Å². The van der Waals surface area contributed by atoms with Gasteiger partial charge in [-0.05, 0) is 30.7 Å². The third-order valence-electron chi connectivity index (χ3n) is 3.52. The van der Waals surface area contributed by atoms with E-state index in [-0.39, 0.29) is 17.5 Å². The lowest BCUT2D eigenvalue weighted by molar-refractivity contribution is -0.384. The summed E-state index contributed by atoms with van der Waals surface area (Å²) in [5.74, 6) is -0.950. The summed E-state index contributed by atoms with van der Waals surface area (Å²) in [6, 6.07) is 12.0. The third-order valence-corrected chi connectivity index (χ3v) is 3.86. The molecule has 0 fully saturated rings. The van der Waals surface area contributed by atoms with Crippen LogP contribution in [0.5, 0.6) is 5.75 Å². The number of benzene rings is 2. The molecule has 1 N–H and O–H groups in total. The van der Waals surface area contributed by atoms with Gasteiger partial charge in [0.2, 0.25) is 0 Å². The van der Waals surface area contributed by atoms with Gasteiger partial charge in [-0.1, -0.05) is 29.8 Å². The lowest BCUT2D eigenvalue weighted by atomic mass is 10.1. The van der Waals surface area contributed by atoms with Gasteiger partial charge in [0.25, 0.3) is 11.6 Å². The molecule has 0 heterocycles. The minimum atomic E-state index is -0.742. The number of non-ortho nitro benzene ring substituents is 1. The quantitative estimate of drug-likeness (QED) is 0.420. The second-order valence-electron chi connectivity index (χ2n) is 5.51. The zero-order chi connectivity index (χ0) is 19.8. The van der Waals surface area contributed by atoms with Crippen LogP contribution in [0.1, 0.15) is 18.5 Å². The molecular weight excluding hydrogens is 376 g/mol. The summed E-state index contributed by atoms with van der Waals surface area (Å²) in [4.78, 5) is 33.5. The van der Waals surface area contributed by atoms with E-state index in [0.717, 1.165) is 5.56 Å². The number of nitrogens with one attached hydrogen (secondary N) is 1. The largest absolute Gasteiger partial charge is 0.482 e. The van der Waals surface area contributed by atoms with Gasteiger partial charge in [-0.2, -0.15) is 0 Å².